The van der Waals surface area contributed by atoms with Gasteiger partial charge in [-0.3, -0.25) is 9.59 Å². The zero-order valence-electron chi connectivity index (χ0n) is 18.8. The summed E-state index contributed by atoms with van der Waals surface area (Å²) in [5, 5.41) is 8.54. The number of amides is 4. The van der Waals surface area contributed by atoms with E-state index in [0.717, 1.165) is 29.7 Å². The van der Waals surface area contributed by atoms with Crippen LogP contribution in [0.2, 0.25) is 0 Å². The molecule has 0 radical (unpaired) electrons. The van der Waals surface area contributed by atoms with Crippen molar-refractivity contribution in [2.45, 2.75) is 52.4 Å². The van der Waals surface area contributed by atoms with Gasteiger partial charge in [0.05, 0.1) is 0 Å². The molecule has 3 rings (SSSR count). The summed E-state index contributed by atoms with van der Waals surface area (Å²) in [5.74, 6) is -0.133. The Morgan fingerprint density at radius 3 is 2.28 bits per heavy atom. The fourth-order valence-corrected chi connectivity index (χ4v) is 3.76. The Bertz CT molecular complexity index is 930. The highest BCUT2D eigenvalue weighted by Crippen LogP contribution is 2.17. The molecule has 1 atom stereocenters. The van der Waals surface area contributed by atoms with Crippen molar-refractivity contribution in [2.75, 3.05) is 6.54 Å². The van der Waals surface area contributed by atoms with E-state index in [9.17, 15) is 14.4 Å². The molecule has 1 saturated heterocycles. The largest absolute Gasteiger partial charge is 0.350 e. The van der Waals surface area contributed by atoms with Crippen LogP contribution in [0.15, 0.2) is 54.6 Å². The maximum atomic E-state index is 12.9. The van der Waals surface area contributed by atoms with Gasteiger partial charge in [-0.1, -0.05) is 68.4 Å². The second-order valence-corrected chi connectivity index (χ2v) is 8.44. The van der Waals surface area contributed by atoms with Crippen LogP contribution in [-0.4, -0.2) is 35.3 Å². The standard InChI is InChI=1S/C25H32N4O3/c1-18(2)23(28-25(32)27-15-19-9-4-3-5-10-19)24(31)26-16-20-11-6-7-12-21(20)17-29-14-8-13-22(29)30/h3-7,9-12,18,23H,8,13-17H2,1-2H3,(H,26,31)(H2,27,28,32). The summed E-state index contributed by atoms with van der Waals surface area (Å²) >= 11 is 0. The molecule has 7 nitrogen and oxygen atoms in total. The topological polar surface area (TPSA) is 90.5 Å². The minimum absolute atomic E-state index is 0.0741. The first-order chi connectivity index (χ1) is 15.4. The molecule has 1 fully saturated rings. The molecule has 4 amide bonds. The Labute approximate surface area is 189 Å². The molecule has 2 aromatic carbocycles. The maximum Gasteiger partial charge on any atom is 0.315 e. The van der Waals surface area contributed by atoms with Crippen molar-refractivity contribution in [3.8, 4) is 0 Å². The molecule has 0 aliphatic carbocycles. The molecule has 0 saturated carbocycles. The van der Waals surface area contributed by atoms with E-state index in [0.29, 0.717) is 26.1 Å². The lowest BCUT2D eigenvalue weighted by molar-refractivity contribution is -0.128. The molecule has 0 spiro atoms. The SMILES string of the molecule is CC(C)C(NC(=O)NCc1ccccc1)C(=O)NCc1ccccc1CN1CCCC1=O. The molecule has 0 aromatic heterocycles. The van der Waals surface area contributed by atoms with Gasteiger partial charge in [0, 0.05) is 32.6 Å². The summed E-state index contributed by atoms with van der Waals surface area (Å²) in [6, 6.07) is 16.4. The quantitative estimate of drug-likeness (QED) is 0.565. The summed E-state index contributed by atoms with van der Waals surface area (Å²) in [6.07, 6.45) is 1.50. The van der Waals surface area contributed by atoms with Gasteiger partial charge in [-0.2, -0.15) is 0 Å². The minimum Gasteiger partial charge on any atom is -0.350 e. The van der Waals surface area contributed by atoms with Crippen LogP contribution in [0.1, 0.15) is 43.4 Å². The van der Waals surface area contributed by atoms with Gasteiger partial charge in [-0.05, 0) is 29.0 Å². The predicted octanol–water partition coefficient (Wildman–Crippen LogP) is 2.95. The van der Waals surface area contributed by atoms with Gasteiger partial charge in [0.2, 0.25) is 11.8 Å². The molecular weight excluding hydrogens is 404 g/mol. The molecule has 0 bridgehead atoms. The molecule has 32 heavy (non-hydrogen) atoms. The third kappa shape index (κ3) is 6.57. The van der Waals surface area contributed by atoms with Crippen LogP contribution in [-0.2, 0) is 29.2 Å². The van der Waals surface area contributed by atoms with Gasteiger partial charge in [0.25, 0.3) is 0 Å². The van der Waals surface area contributed by atoms with Crippen molar-refractivity contribution in [3.05, 3.63) is 71.3 Å². The average molecular weight is 437 g/mol. The van der Waals surface area contributed by atoms with E-state index in [2.05, 4.69) is 16.0 Å². The summed E-state index contributed by atoms with van der Waals surface area (Å²) in [7, 11) is 0. The first kappa shape index (κ1) is 23.3. The number of hydrogen-bond donors (Lipinski definition) is 3. The number of nitrogens with zero attached hydrogens (tertiary/aromatic N) is 1. The zero-order chi connectivity index (χ0) is 22.9. The number of rotatable bonds is 9. The molecule has 1 aliphatic heterocycles. The lowest BCUT2D eigenvalue weighted by atomic mass is 10.0. The number of carbonyl (C=O) groups excluding carboxylic acids is 3. The van der Waals surface area contributed by atoms with Crippen molar-refractivity contribution in [1.29, 1.82) is 0 Å². The van der Waals surface area contributed by atoms with Crippen LogP contribution < -0.4 is 16.0 Å². The lowest BCUT2D eigenvalue weighted by Crippen LogP contribution is -2.52. The molecule has 3 N–H and O–H groups in total. The molecule has 1 aliphatic rings. The van der Waals surface area contributed by atoms with Gasteiger partial charge in [-0.25, -0.2) is 4.79 Å². The normalized spacial score (nSPS) is 14.3. The highest BCUT2D eigenvalue weighted by molar-refractivity contribution is 5.87. The fourth-order valence-electron chi connectivity index (χ4n) is 3.76. The van der Waals surface area contributed by atoms with E-state index in [1.807, 2.05) is 73.3 Å². The van der Waals surface area contributed by atoms with Crippen LogP contribution in [0.25, 0.3) is 0 Å². The fraction of sp³-hybridized carbons (Fsp3) is 0.400. The maximum absolute atomic E-state index is 12.9. The highest BCUT2D eigenvalue weighted by atomic mass is 16.2. The Morgan fingerprint density at radius 2 is 1.62 bits per heavy atom. The van der Waals surface area contributed by atoms with Crippen molar-refractivity contribution < 1.29 is 14.4 Å². The van der Waals surface area contributed by atoms with Gasteiger partial charge in [-0.15, -0.1) is 0 Å². The molecule has 170 valence electrons. The highest BCUT2D eigenvalue weighted by Gasteiger charge is 2.25. The number of nitrogens with one attached hydrogen (secondary N) is 3. The second kappa shape index (κ2) is 11.3. The Kier molecular flexibility index (Phi) is 8.25. The van der Waals surface area contributed by atoms with E-state index in [1.54, 1.807) is 0 Å². The summed E-state index contributed by atoms with van der Waals surface area (Å²) in [4.78, 5) is 39.0. The van der Waals surface area contributed by atoms with Crippen LogP contribution in [0.5, 0.6) is 0 Å². The van der Waals surface area contributed by atoms with Crippen LogP contribution in [0, 0.1) is 5.92 Å². The number of hydrogen-bond acceptors (Lipinski definition) is 3. The van der Waals surface area contributed by atoms with E-state index < -0.39 is 6.04 Å². The average Bonchev–Trinajstić information content (AvgIpc) is 3.20. The van der Waals surface area contributed by atoms with Gasteiger partial charge in [0.1, 0.15) is 6.04 Å². The number of carbonyl (C=O) groups is 3. The van der Waals surface area contributed by atoms with Crippen LogP contribution in [0.4, 0.5) is 4.79 Å². The second-order valence-electron chi connectivity index (χ2n) is 8.44. The van der Waals surface area contributed by atoms with Crippen molar-refractivity contribution in [3.63, 3.8) is 0 Å². The van der Waals surface area contributed by atoms with E-state index in [-0.39, 0.29) is 23.8 Å². The molecule has 1 heterocycles. The van der Waals surface area contributed by atoms with Gasteiger partial charge in [0.15, 0.2) is 0 Å². The Morgan fingerprint density at radius 1 is 0.938 bits per heavy atom. The smallest absolute Gasteiger partial charge is 0.315 e. The first-order valence-corrected chi connectivity index (χ1v) is 11.1. The predicted molar refractivity (Wildman–Crippen MR) is 123 cm³/mol. The van der Waals surface area contributed by atoms with Crippen molar-refractivity contribution >= 4 is 17.8 Å². The van der Waals surface area contributed by atoms with Crippen LogP contribution in [0.3, 0.4) is 0 Å². The third-order valence-electron chi connectivity index (χ3n) is 5.64. The van der Waals surface area contributed by atoms with Crippen LogP contribution >= 0.6 is 0 Å². The molecule has 2 aromatic rings. The summed E-state index contributed by atoms with van der Waals surface area (Å²) in [5.41, 5.74) is 2.98. The zero-order valence-corrected chi connectivity index (χ0v) is 18.8. The van der Waals surface area contributed by atoms with E-state index in [4.69, 9.17) is 0 Å². The van der Waals surface area contributed by atoms with Crippen molar-refractivity contribution in [2.24, 2.45) is 5.92 Å². The first-order valence-electron chi connectivity index (χ1n) is 11.1. The summed E-state index contributed by atoms with van der Waals surface area (Å²) in [6.45, 7) is 5.86. The number of urea groups is 1. The van der Waals surface area contributed by atoms with E-state index >= 15 is 0 Å². The number of likely N-dealkylation sites (tertiary alicyclic amines) is 1. The monoisotopic (exact) mass is 436 g/mol. The Balaban J connectivity index is 1.55. The summed E-state index contributed by atoms with van der Waals surface area (Å²) < 4.78 is 0. The van der Waals surface area contributed by atoms with Gasteiger partial charge < -0.3 is 20.9 Å². The lowest BCUT2D eigenvalue weighted by Gasteiger charge is -2.23. The molecular formula is C25H32N4O3. The molecule has 1 unspecified atom stereocenters. The Hall–Kier alpha value is -3.35. The van der Waals surface area contributed by atoms with E-state index in [1.165, 1.54) is 0 Å². The van der Waals surface area contributed by atoms with Gasteiger partial charge >= 0.3 is 6.03 Å². The minimum atomic E-state index is -0.655. The van der Waals surface area contributed by atoms with Crippen molar-refractivity contribution in [1.82, 2.24) is 20.9 Å². The third-order valence-corrected chi connectivity index (χ3v) is 5.64. The number of benzene rings is 2. The molecule has 7 heteroatoms.